The maximum Gasteiger partial charge on any atom is 0.416 e. The third-order valence-electron chi connectivity index (χ3n) is 5.80. The predicted molar refractivity (Wildman–Crippen MR) is 105 cm³/mol. The number of nitrogens with zero attached hydrogens (tertiary/aromatic N) is 1. The monoisotopic (exact) mass is 389 g/mol. The van der Waals surface area contributed by atoms with Crippen LogP contribution in [0.25, 0.3) is 11.1 Å². The molecule has 0 amide bonds. The Morgan fingerprint density at radius 1 is 1.07 bits per heavy atom. The van der Waals surface area contributed by atoms with Crippen molar-refractivity contribution in [1.82, 2.24) is 10.2 Å². The summed E-state index contributed by atoms with van der Waals surface area (Å²) in [5, 5.41) is 3.42. The summed E-state index contributed by atoms with van der Waals surface area (Å²) in [5.41, 5.74) is 7.22. The molecular formula is C22H26F3N3. The third kappa shape index (κ3) is 4.40. The molecule has 3 atom stereocenters. The van der Waals surface area contributed by atoms with Gasteiger partial charge in [-0.15, -0.1) is 0 Å². The summed E-state index contributed by atoms with van der Waals surface area (Å²) in [6.07, 6.45) is -2.57. The van der Waals surface area contributed by atoms with Gasteiger partial charge in [0.1, 0.15) is 0 Å². The first-order valence-corrected chi connectivity index (χ1v) is 9.89. The summed E-state index contributed by atoms with van der Waals surface area (Å²) in [4.78, 5) is 2.31. The maximum absolute atomic E-state index is 13.7. The maximum atomic E-state index is 13.7. The number of likely N-dealkylation sites (tertiary alicyclic amines) is 1. The molecule has 1 aliphatic heterocycles. The smallest absolute Gasteiger partial charge is 0.326 e. The van der Waals surface area contributed by atoms with Gasteiger partial charge in [0.15, 0.2) is 0 Å². The lowest BCUT2D eigenvalue weighted by atomic mass is 9.96. The van der Waals surface area contributed by atoms with Crippen LogP contribution in [0.5, 0.6) is 0 Å². The average Bonchev–Trinajstić information content (AvgIpc) is 3.33. The minimum atomic E-state index is -4.35. The number of alkyl halides is 3. The SMILES string of the molecule is N[C@@H]1CCN(CCN[C@@H]2C[C@H]2c2ccc(-c3ccccc3)cc2C(F)(F)F)C1. The van der Waals surface area contributed by atoms with Crippen LogP contribution in [-0.4, -0.2) is 43.2 Å². The molecule has 3 N–H and O–H groups in total. The zero-order chi connectivity index (χ0) is 19.7. The van der Waals surface area contributed by atoms with Crippen molar-refractivity contribution in [1.29, 1.82) is 0 Å². The van der Waals surface area contributed by atoms with E-state index < -0.39 is 11.7 Å². The molecule has 6 heteroatoms. The van der Waals surface area contributed by atoms with Gasteiger partial charge in [-0.25, -0.2) is 0 Å². The Labute approximate surface area is 163 Å². The summed E-state index contributed by atoms with van der Waals surface area (Å²) in [6, 6.07) is 14.4. The summed E-state index contributed by atoms with van der Waals surface area (Å²) in [5.74, 6) is -0.0673. The van der Waals surface area contributed by atoms with E-state index in [9.17, 15) is 13.2 Å². The molecule has 1 saturated carbocycles. The Hall–Kier alpha value is -1.89. The molecule has 150 valence electrons. The van der Waals surface area contributed by atoms with Gasteiger partial charge in [-0.2, -0.15) is 13.2 Å². The third-order valence-corrected chi connectivity index (χ3v) is 5.80. The second-order valence-corrected chi connectivity index (χ2v) is 7.92. The van der Waals surface area contributed by atoms with Gasteiger partial charge < -0.3 is 16.0 Å². The fourth-order valence-electron chi connectivity index (χ4n) is 4.17. The first-order valence-electron chi connectivity index (χ1n) is 9.89. The predicted octanol–water partition coefficient (Wildman–Crippen LogP) is 3.85. The number of hydrogen-bond donors (Lipinski definition) is 2. The summed E-state index contributed by atoms with van der Waals surface area (Å²) < 4.78 is 41.1. The average molecular weight is 389 g/mol. The van der Waals surface area contributed by atoms with E-state index in [1.54, 1.807) is 12.1 Å². The van der Waals surface area contributed by atoms with Crippen molar-refractivity contribution < 1.29 is 13.2 Å². The quantitative estimate of drug-likeness (QED) is 0.789. The lowest BCUT2D eigenvalue weighted by Crippen LogP contribution is -2.33. The molecule has 0 radical (unpaired) electrons. The van der Waals surface area contributed by atoms with E-state index in [2.05, 4.69) is 10.2 Å². The van der Waals surface area contributed by atoms with Crippen molar-refractivity contribution in [3.8, 4) is 11.1 Å². The van der Waals surface area contributed by atoms with E-state index in [-0.39, 0.29) is 18.0 Å². The molecule has 3 nitrogen and oxygen atoms in total. The second kappa shape index (κ2) is 7.85. The first-order chi connectivity index (χ1) is 13.4. The molecule has 1 heterocycles. The highest BCUT2D eigenvalue weighted by Gasteiger charge is 2.44. The van der Waals surface area contributed by atoms with E-state index >= 15 is 0 Å². The Morgan fingerprint density at radius 3 is 2.54 bits per heavy atom. The van der Waals surface area contributed by atoms with Gasteiger partial charge >= 0.3 is 6.18 Å². The molecule has 0 aromatic heterocycles. The highest BCUT2D eigenvalue weighted by molar-refractivity contribution is 5.65. The van der Waals surface area contributed by atoms with Crippen LogP contribution in [0.4, 0.5) is 13.2 Å². The van der Waals surface area contributed by atoms with Crippen LogP contribution in [0.1, 0.15) is 29.9 Å². The van der Waals surface area contributed by atoms with E-state index in [0.29, 0.717) is 11.1 Å². The molecule has 0 unspecified atom stereocenters. The lowest BCUT2D eigenvalue weighted by molar-refractivity contribution is -0.138. The Bertz CT molecular complexity index is 806. The van der Waals surface area contributed by atoms with E-state index in [1.807, 2.05) is 30.3 Å². The summed E-state index contributed by atoms with van der Waals surface area (Å²) in [7, 11) is 0. The molecule has 28 heavy (non-hydrogen) atoms. The van der Waals surface area contributed by atoms with Gasteiger partial charge in [0.2, 0.25) is 0 Å². The molecule has 2 aromatic rings. The minimum Gasteiger partial charge on any atom is -0.326 e. The number of rotatable bonds is 6. The Kier molecular flexibility index (Phi) is 5.45. The van der Waals surface area contributed by atoms with Gasteiger partial charge in [-0.3, -0.25) is 0 Å². The zero-order valence-corrected chi connectivity index (χ0v) is 15.8. The van der Waals surface area contributed by atoms with Crippen LogP contribution in [0.2, 0.25) is 0 Å². The van der Waals surface area contributed by atoms with Crippen molar-refractivity contribution >= 4 is 0 Å². The van der Waals surface area contributed by atoms with Crippen molar-refractivity contribution in [3.05, 3.63) is 59.7 Å². The summed E-state index contributed by atoms with van der Waals surface area (Å²) >= 11 is 0. The number of benzene rings is 2. The largest absolute Gasteiger partial charge is 0.416 e. The van der Waals surface area contributed by atoms with Crippen LogP contribution in [0.15, 0.2) is 48.5 Å². The van der Waals surface area contributed by atoms with Crippen molar-refractivity contribution in [3.63, 3.8) is 0 Å². The number of nitrogens with two attached hydrogens (primary N) is 1. The van der Waals surface area contributed by atoms with Crippen LogP contribution >= 0.6 is 0 Å². The van der Waals surface area contributed by atoms with Crippen molar-refractivity contribution in [2.75, 3.05) is 26.2 Å². The molecule has 2 aromatic carbocycles. The topological polar surface area (TPSA) is 41.3 Å². The molecule has 0 spiro atoms. The standard InChI is InChI=1S/C22H26F3N3/c23-22(24,25)20-12-16(15-4-2-1-3-5-15)6-7-18(20)19-13-21(19)27-9-11-28-10-8-17(26)14-28/h1-7,12,17,19,21,27H,8-11,13-14,26H2/t17-,19+,21-/m1/s1. The van der Waals surface area contributed by atoms with Crippen molar-refractivity contribution in [2.24, 2.45) is 5.73 Å². The second-order valence-electron chi connectivity index (χ2n) is 7.92. The zero-order valence-electron chi connectivity index (χ0n) is 15.8. The number of halogens is 3. The molecule has 1 aliphatic carbocycles. The van der Waals surface area contributed by atoms with Crippen LogP contribution < -0.4 is 11.1 Å². The number of hydrogen-bond acceptors (Lipinski definition) is 3. The van der Waals surface area contributed by atoms with Crippen molar-refractivity contribution in [2.45, 2.75) is 37.0 Å². The van der Waals surface area contributed by atoms with E-state index in [4.69, 9.17) is 5.73 Å². The molecule has 1 saturated heterocycles. The van der Waals surface area contributed by atoms with Gasteiger partial charge in [0.05, 0.1) is 5.56 Å². The fourth-order valence-corrected chi connectivity index (χ4v) is 4.17. The fraction of sp³-hybridized carbons (Fsp3) is 0.455. The van der Waals surface area contributed by atoms with E-state index in [1.165, 1.54) is 6.07 Å². The molecule has 0 bridgehead atoms. The number of nitrogens with one attached hydrogen (secondary N) is 1. The van der Waals surface area contributed by atoms with Gasteiger partial charge in [0, 0.05) is 37.6 Å². The van der Waals surface area contributed by atoms with Crippen LogP contribution in [0.3, 0.4) is 0 Å². The molecule has 4 rings (SSSR count). The van der Waals surface area contributed by atoms with Crippen LogP contribution in [-0.2, 0) is 6.18 Å². The molecular weight excluding hydrogens is 363 g/mol. The van der Waals surface area contributed by atoms with E-state index in [0.717, 1.165) is 44.6 Å². The summed E-state index contributed by atoms with van der Waals surface area (Å²) in [6.45, 7) is 3.61. The Balaban J connectivity index is 1.43. The highest BCUT2D eigenvalue weighted by atomic mass is 19.4. The minimum absolute atomic E-state index is 0.0673. The van der Waals surface area contributed by atoms with Gasteiger partial charge in [0.25, 0.3) is 0 Å². The lowest BCUT2D eigenvalue weighted by Gasteiger charge is -2.17. The molecule has 2 aliphatic rings. The van der Waals surface area contributed by atoms with Gasteiger partial charge in [-0.1, -0.05) is 42.5 Å². The normalized spacial score (nSPS) is 25.2. The molecule has 2 fully saturated rings. The van der Waals surface area contributed by atoms with Crippen LogP contribution in [0, 0.1) is 0 Å². The highest BCUT2D eigenvalue weighted by Crippen LogP contribution is 2.47. The Morgan fingerprint density at radius 2 is 1.86 bits per heavy atom. The van der Waals surface area contributed by atoms with Gasteiger partial charge in [-0.05, 0) is 42.1 Å². The first kappa shape index (κ1) is 19.4.